The fourth-order valence-electron chi connectivity index (χ4n) is 2.53. The van der Waals surface area contributed by atoms with Gasteiger partial charge < -0.3 is 4.57 Å². The van der Waals surface area contributed by atoms with Crippen molar-refractivity contribution in [3.05, 3.63) is 52.3 Å². The second kappa shape index (κ2) is 8.63. The maximum Gasteiger partial charge on any atom is 0.0772 e. The van der Waals surface area contributed by atoms with Crippen LogP contribution in [0.3, 0.4) is 0 Å². The molecule has 1 aromatic heterocycles. The molecule has 1 aromatic carbocycles. The number of nitrogens with zero attached hydrogens (tertiary/aromatic N) is 1. The van der Waals surface area contributed by atoms with Crippen LogP contribution in [0.1, 0.15) is 24.5 Å². The summed E-state index contributed by atoms with van der Waals surface area (Å²) in [6.45, 7) is 2.24. The molecule has 2 aromatic rings. The molecule has 0 atom stereocenters. The van der Waals surface area contributed by atoms with Gasteiger partial charge >= 0.3 is 0 Å². The van der Waals surface area contributed by atoms with Gasteiger partial charge in [-0.25, -0.2) is 0 Å². The number of alkyl halides is 3. The van der Waals surface area contributed by atoms with E-state index < -0.39 is 0 Å². The molecule has 124 valence electrons. The Balaban J connectivity index is 2.45. The molecule has 0 radical (unpaired) electrons. The summed E-state index contributed by atoms with van der Waals surface area (Å²) in [7, 11) is 2.04. The highest BCUT2D eigenvalue weighted by Crippen LogP contribution is 2.36. The van der Waals surface area contributed by atoms with Gasteiger partial charge in [0.25, 0.3) is 0 Å². The zero-order chi connectivity index (χ0) is 17.0. The molecule has 0 unspecified atom stereocenters. The molecular formula is C18H20ClI2NS. The van der Waals surface area contributed by atoms with Gasteiger partial charge in [0.05, 0.1) is 5.94 Å². The first kappa shape index (κ1) is 19.7. The van der Waals surface area contributed by atoms with Crippen LogP contribution in [0.4, 0.5) is 0 Å². The van der Waals surface area contributed by atoms with Crippen LogP contribution in [0.5, 0.6) is 0 Å². The van der Waals surface area contributed by atoms with Crippen LogP contribution in [-0.2, 0) is 19.9 Å². The highest BCUT2D eigenvalue weighted by atomic mass is 127. The lowest BCUT2D eigenvalue weighted by atomic mass is 10.00. The highest BCUT2D eigenvalue weighted by molar-refractivity contribution is 14.2. The van der Waals surface area contributed by atoms with E-state index in [1.54, 1.807) is 0 Å². The van der Waals surface area contributed by atoms with Gasteiger partial charge in [0, 0.05) is 30.9 Å². The minimum Gasteiger partial charge on any atom is -0.356 e. The van der Waals surface area contributed by atoms with Gasteiger partial charge in [-0.1, -0.05) is 88.6 Å². The number of rotatable bonds is 6. The van der Waals surface area contributed by atoms with Crippen LogP contribution in [0.15, 0.2) is 36.7 Å². The zero-order valence-corrected chi connectivity index (χ0v) is 19.2. The summed E-state index contributed by atoms with van der Waals surface area (Å²) in [6.07, 6.45) is 7.20. The first-order valence-corrected chi connectivity index (χ1v) is 10.7. The van der Waals surface area contributed by atoms with Crippen molar-refractivity contribution >= 4 is 69.0 Å². The summed E-state index contributed by atoms with van der Waals surface area (Å²) in [6, 6.07) is 8.76. The monoisotopic (exact) mass is 571 g/mol. The average Bonchev–Trinajstić information content (AvgIpc) is 2.50. The van der Waals surface area contributed by atoms with Crippen molar-refractivity contribution in [3.63, 3.8) is 0 Å². The van der Waals surface area contributed by atoms with E-state index in [1.165, 1.54) is 11.1 Å². The van der Waals surface area contributed by atoms with Gasteiger partial charge in [-0.3, -0.25) is 0 Å². The summed E-state index contributed by atoms with van der Waals surface area (Å²) < 4.78 is 3.26. The molecule has 0 bridgehead atoms. The number of benzene rings is 1. The van der Waals surface area contributed by atoms with Gasteiger partial charge in [-0.2, -0.15) is 0 Å². The molecule has 0 fully saturated rings. The lowest BCUT2D eigenvalue weighted by Crippen LogP contribution is -2.12. The fourth-order valence-corrected chi connectivity index (χ4v) is 3.94. The second-order valence-electron chi connectivity index (χ2n) is 5.72. The van der Waals surface area contributed by atoms with Crippen molar-refractivity contribution in [3.8, 4) is 11.1 Å². The first-order chi connectivity index (χ1) is 10.9. The van der Waals surface area contributed by atoms with Crippen LogP contribution in [-0.4, -0.2) is 11.9 Å². The van der Waals surface area contributed by atoms with E-state index in [2.05, 4.69) is 93.3 Å². The summed E-state index contributed by atoms with van der Waals surface area (Å²) in [4.78, 5) is 0. The summed E-state index contributed by atoms with van der Waals surface area (Å²) in [5.74, 6) is 0.593. The Labute approximate surface area is 176 Å². The smallest absolute Gasteiger partial charge is 0.0772 e. The number of hydrogen-bond donors (Lipinski definition) is 0. The minimum atomic E-state index is 0.260. The summed E-state index contributed by atoms with van der Waals surface area (Å²) in [5, 5.41) is 0. The van der Waals surface area contributed by atoms with Crippen LogP contribution in [0, 0.1) is 4.51 Å². The molecule has 1 heterocycles. The molecular weight excluding hydrogens is 552 g/mol. The maximum absolute atomic E-state index is 5.92. The molecule has 23 heavy (non-hydrogen) atoms. The Morgan fingerprint density at radius 1 is 1.26 bits per heavy atom. The average molecular weight is 572 g/mol. The zero-order valence-electron chi connectivity index (χ0n) is 13.3. The first-order valence-electron chi connectivity index (χ1n) is 7.58. The van der Waals surface area contributed by atoms with Gasteiger partial charge in [-0.05, 0) is 36.0 Å². The Hall–Kier alpha value is 0.340. The van der Waals surface area contributed by atoms with E-state index in [-0.39, 0.29) is 1.43 Å². The van der Waals surface area contributed by atoms with Crippen molar-refractivity contribution in [1.29, 1.82) is 0 Å². The predicted octanol–water partition coefficient (Wildman–Crippen LogP) is 6.72. The third-order valence-corrected chi connectivity index (χ3v) is 6.77. The van der Waals surface area contributed by atoms with Crippen LogP contribution >= 0.6 is 69.0 Å². The Bertz CT molecular complexity index is 740. The molecule has 0 amide bonds. The van der Waals surface area contributed by atoms with E-state index in [9.17, 15) is 0 Å². The molecule has 5 heteroatoms. The molecule has 0 spiro atoms. The lowest BCUT2D eigenvalue weighted by Gasteiger charge is -2.19. The van der Waals surface area contributed by atoms with Crippen LogP contribution < -0.4 is 0 Å². The van der Waals surface area contributed by atoms with Crippen molar-refractivity contribution in [2.24, 2.45) is 7.05 Å². The normalized spacial score (nSPS) is 11.7. The fraction of sp³-hybridized carbons (Fsp3) is 0.389. The summed E-state index contributed by atoms with van der Waals surface area (Å²) >= 11 is 16.7. The van der Waals surface area contributed by atoms with Gasteiger partial charge in [0.1, 0.15) is 0 Å². The molecule has 0 aliphatic carbocycles. The van der Waals surface area contributed by atoms with Gasteiger partial charge in [-0.15, -0.1) is 11.6 Å². The number of halogens is 3. The van der Waals surface area contributed by atoms with Crippen LogP contribution in [0.25, 0.3) is 11.1 Å². The Kier molecular flexibility index (Phi) is 7.38. The highest BCUT2D eigenvalue weighted by Gasteiger charge is 2.20. The number of pyridine rings is 1. The van der Waals surface area contributed by atoms with E-state index in [0.29, 0.717) is 5.88 Å². The van der Waals surface area contributed by atoms with Crippen molar-refractivity contribution in [2.75, 3.05) is 5.88 Å². The van der Waals surface area contributed by atoms with Crippen LogP contribution in [0.2, 0.25) is 0 Å². The van der Waals surface area contributed by atoms with Crippen molar-refractivity contribution in [2.45, 2.75) is 27.6 Å². The Morgan fingerprint density at radius 2 is 2.00 bits per heavy atom. The summed E-state index contributed by atoms with van der Waals surface area (Å²) in [5.41, 5.74) is 4.81. The second-order valence-corrected chi connectivity index (χ2v) is 12.7. The van der Waals surface area contributed by atoms with Crippen molar-refractivity contribution < 1.29 is 0 Å². The topological polar surface area (TPSA) is 4.93 Å². The van der Waals surface area contributed by atoms with Gasteiger partial charge in [0.15, 0.2) is 0 Å². The van der Waals surface area contributed by atoms with E-state index in [4.69, 9.17) is 23.8 Å². The standard InChI is InChI=1S/C18H20ClI2NS/c1-3-18(20,21)10-13-5-4-6-14(9-13)16-12-22(2)11-15(7-8-19)17(16)23/h4-6,9,11-12H,3,7-8,10H2,1-2H3. The molecule has 0 saturated carbocycles. The molecule has 0 aliphatic rings. The molecule has 0 N–H and O–H groups in total. The quantitative estimate of drug-likeness (QED) is 0.212. The predicted molar refractivity (Wildman–Crippen MR) is 121 cm³/mol. The molecule has 0 aliphatic heterocycles. The largest absolute Gasteiger partial charge is 0.356 e. The third kappa shape index (κ3) is 5.41. The number of hydrogen-bond acceptors (Lipinski definition) is 1. The van der Waals surface area contributed by atoms with E-state index in [1.807, 2.05) is 7.05 Å². The molecule has 0 saturated heterocycles. The minimum absolute atomic E-state index is 0.260. The number of aromatic nitrogens is 1. The Morgan fingerprint density at radius 3 is 2.65 bits per heavy atom. The van der Waals surface area contributed by atoms with E-state index in [0.717, 1.165) is 34.9 Å². The lowest BCUT2D eigenvalue weighted by molar-refractivity contribution is 0.821. The molecule has 1 nitrogen and oxygen atoms in total. The maximum atomic E-state index is 5.92. The molecule has 2 rings (SSSR count). The number of aryl methyl sites for hydroxylation is 2. The SMILES string of the molecule is CCC(I)(I)Cc1cccc(-c2cn(C)cc(CCCl)c2=S)c1. The van der Waals surface area contributed by atoms with E-state index >= 15 is 0 Å². The van der Waals surface area contributed by atoms with Crippen molar-refractivity contribution in [1.82, 2.24) is 4.57 Å². The third-order valence-electron chi connectivity index (χ3n) is 3.81. The van der Waals surface area contributed by atoms with Gasteiger partial charge in [0.2, 0.25) is 0 Å².